The smallest absolute Gasteiger partial charge is 0.325 e. The summed E-state index contributed by atoms with van der Waals surface area (Å²) in [5.41, 5.74) is 0.852. The Balaban J connectivity index is 1.73. The van der Waals surface area contributed by atoms with Crippen LogP contribution in [0.25, 0.3) is 11.4 Å². The molecule has 0 unspecified atom stereocenters. The maximum absolute atomic E-state index is 13.1. The lowest BCUT2D eigenvalue weighted by atomic mass is 10.1. The zero-order valence-electron chi connectivity index (χ0n) is 15.8. The van der Waals surface area contributed by atoms with E-state index in [1.54, 1.807) is 0 Å². The van der Waals surface area contributed by atoms with E-state index in [1.165, 1.54) is 18.2 Å². The van der Waals surface area contributed by atoms with Gasteiger partial charge in [-0.05, 0) is 31.5 Å². The molecule has 3 rings (SSSR count). The van der Waals surface area contributed by atoms with Gasteiger partial charge in [0, 0.05) is 12.1 Å². The van der Waals surface area contributed by atoms with Crippen molar-refractivity contribution in [3.05, 3.63) is 59.7 Å². The minimum Gasteiger partial charge on any atom is -0.325 e. The minimum atomic E-state index is -4.54. The third-order valence-electron chi connectivity index (χ3n) is 4.26. The molecule has 9 heteroatoms. The summed E-state index contributed by atoms with van der Waals surface area (Å²) in [7, 11) is 0. The molecule has 29 heavy (non-hydrogen) atoms. The number of benzene rings is 2. The first-order valence-electron chi connectivity index (χ1n) is 8.89. The van der Waals surface area contributed by atoms with Crippen molar-refractivity contribution in [3.63, 3.8) is 0 Å². The first kappa shape index (κ1) is 20.9. The first-order chi connectivity index (χ1) is 13.8. The summed E-state index contributed by atoms with van der Waals surface area (Å²) in [6.07, 6.45) is -4.54. The van der Waals surface area contributed by atoms with Gasteiger partial charge in [-0.15, -0.1) is 10.2 Å². The van der Waals surface area contributed by atoms with Crippen molar-refractivity contribution in [1.82, 2.24) is 14.8 Å². The highest BCUT2D eigenvalue weighted by Crippen LogP contribution is 2.34. The fraction of sp³-hybridized carbons (Fsp3) is 0.250. The molecule has 0 atom stereocenters. The number of hydrogen-bond donors (Lipinski definition) is 1. The van der Waals surface area contributed by atoms with E-state index in [9.17, 15) is 18.0 Å². The number of halogens is 3. The van der Waals surface area contributed by atoms with E-state index in [4.69, 9.17) is 0 Å². The molecule has 0 saturated heterocycles. The summed E-state index contributed by atoms with van der Waals surface area (Å²) in [5, 5.41) is 11.3. The number of aromatic nitrogens is 3. The molecule has 0 saturated carbocycles. The number of hydrogen-bond acceptors (Lipinski definition) is 4. The molecular formula is C20H19F3N4OS. The fourth-order valence-corrected chi connectivity index (χ4v) is 3.66. The number of rotatable bonds is 6. The predicted octanol–water partition coefficient (Wildman–Crippen LogP) is 5.02. The van der Waals surface area contributed by atoms with Gasteiger partial charge in [0.05, 0.1) is 17.0 Å². The Labute approximate surface area is 170 Å². The van der Waals surface area contributed by atoms with Gasteiger partial charge in [-0.3, -0.25) is 4.79 Å². The van der Waals surface area contributed by atoms with Gasteiger partial charge in [-0.1, -0.05) is 48.2 Å². The summed E-state index contributed by atoms with van der Waals surface area (Å²) in [4.78, 5) is 12.2. The molecule has 1 amide bonds. The molecule has 1 N–H and O–H groups in total. The predicted molar refractivity (Wildman–Crippen MR) is 107 cm³/mol. The van der Waals surface area contributed by atoms with Crippen molar-refractivity contribution < 1.29 is 18.0 Å². The lowest BCUT2D eigenvalue weighted by molar-refractivity contribution is -0.137. The largest absolute Gasteiger partial charge is 0.418 e. The first-order valence-corrected chi connectivity index (χ1v) is 9.88. The number of amides is 1. The Bertz CT molecular complexity index is 1020. The number of anilines is 1. The van der Waals surface area contributed by atoms with Crippen LogP contribution in [0.4, 0.5) is 18.9 Å². The molecule has 1 heterocycles. The SMILES string of the molecule is CCn1c(SCC(=O)Nc2ccccc2C(F)(F)F)nnc1-c1ccccc1C. The number of para-hydroxylation sites is 1. The Kier molecular flexibility index (Phi) is 6.26. The molecule has 0 radical (unpaired) electrons. The lowest BCUT2D eigenvalue weighted by Crippen LogP contribution is -2.18. The maximum atomic E-state index is 13.1. The molecule has 0 spiro atoms. The third kappa shape index (κ3) is 4.79. The standard InChI is InChI=1S/C20H19F3N4OS/c1-3-27-18(14-9-5-4-8-13(14)2)25-26-19(27)29-12-17(28)24-16-11-7-6-10-15(16)20(21,22)23/h4-11H,3,12H2,1-2H3,(H,24,28). The van der Waals surface area contributed by atoms with Gasteiger partial charge in [0.25, 0.3) is 0 Å². The average molecular weight is 420 g/mol. The zero-order chi connectivity index (χ0) is 21.0. The molecule has 2 aromatic carbocycles. The van der Waals surface area contributed by atoms with Crippen LogP contribution in [0.15, 0.2) is 53.7 Å². The Morgan fingerprint density at radius 1 is 1.10 bits per heavy atom. The highest BCUT2D eigenvalue weighted by molar-refractivity contribution is 7.99. The van der Waals surface area contributed by atoms with Gasteiger partial charge in [-0.25, -0.2) is 0 Å². The summed E-state index contributed by atoms with van der Waals surface area (Å²) in [5.74, 6) is 0.0590. The van der Waals surface area contributed by atoms with Gasteiger partial charge >= 0.3 is 6.18 Å². The van der Waals surface area contributed by atoms with Crippen LogP contribution in [0.3, 0.4) is 0 Å². The average Bonchev–Trinajstić information content (AvgIpc) is 3.09. The number of alkyl halides is 3. The monoisotopic (exact) mass is 420 g/mol. The molecule has 0 aliphatic heterocycles. The van der Waals surface area contributed by atoms with E-state index in [1.807, 2.05) is 42.7 Å². The summed E-state index contributed by atoms with van der Waals surface area (Å²) in [6, 6.07) is 12.7. The molecule has 152 valence electrons. The summed E-state index contributed by atoms with van der Waals surface area (Å²) < 4.78 is 41.1. The fourth-order valence-electron chi connectivity index (χ4n) is 2.86. The van der Waals surface area contributed by atoms with E-state index in [-0.39, 0.29) is 11.4 Å². The van der Waals surface area contributed by atoms with Crippen LogP contribution >= 0.6 is 11.8 Å². The van der Waals surface area contributed by atoms with Crippen molar-refractivity contribution in [2.75, 3.05) is 11.1 Å². The van der Waals surface area contributed by atoms with E-state index >= 15 is 0 Å². The van der Waals surface area contributed by atoms with Crippen molar-refractivity contribution >= 4 is 23.4 Å². The minimum absolute atomic E-state index is 0.0852. The van der Waals surface area contributed by atoms with Gasteiger partial charge in [0.1, 0.15) is 0 Å². The second-order valence-electron chi connectivity index (χ2n) is 6.25. The topological polar surface area (TPSA) is 59.8 Å². The van der Waals surface area contributed by atoms with Crippen LogP contribution in [0.1, 0.15) is 18.1 Å². The molecule has 1 aromatic heterocycles. The second kappa shape index (κ2) is 8.69. The maximum Gasteiger partial charge on any atom is 0.418 e. The lowest BCUT2D eigenvalue weighted by Gasteiger charge is -2.13. The van der Waals surface area contributed by atoms with Crippen molar-refractivity contribution in [2.45, 2.75) is 31.7 Å². The van der Waals surface area contributed by atoms with Gasteiger partial charge in [0.15, 0.2) is 11.0 Å². The number of thioether (sulfide) groups is 1. The van der Waals surface area contributed by atoms with E-state index in [2.05, 4.69) is 15.5 Å². The van der Waals surface area contributed by atoms with Gasteiger partial charge < -0.3 is 9.88 Å². The number of carbonyl (C=O) groups excluding carboxylic acids is 1. The number of carbonyl (C=O) groups is 1. The Morgan fingerprint density at radius 3 is 2.48 bits per heavy atom. The van der Waals surface area contributed by atoms with Crippen molar-refractivity contribution in [3.8, 4) is 11.4 Å². The highest BCUT2D eigenvalue weighted by atomic mass is 32.2. The van der Waals surface area contributed by atoms with E-state index < -0.39 is 17.6 Å². The van der Waals surface area contributed by atoms with Crippen LogP contribution in [0.5, 0.6) is 0 Å². The molecule has 0 aliphatic carbocycles. The molecule has 0 bridgehead atoms. The number of aryl methyl sites for hydroxylation is 1. The molecular weight excluding hydrogens is 401 g/mol. The van der Waals surface area contributed by atoms with Crippen LogP contribution in [-0.2, 0) is 17.5 Å². The van der Waals surface area contributed by atoms with Crippen molar-refractivity contribution in [2.24, 2.45) is 0 Å². The molecule has 0 aliphatic rings. The van der Waals surface area contributed by atoms with E-state index in [0.29, 0.717) is 17.5 Å². The summed E-state index contributed by atoms with van der Waals surface area (Å²) in [6.45, 7) is 4.51. The number of nitrogens with zero attached hydrogens (tertiary/aromatic N) is 3. The van der Waals surface area contributed by atoms with Gasteiger partial charge in [0.2, 0.25) is 5.91 Å². The highest BCUT2D eigenvalue weighted by Gasteiger charge is 2.33. The molecule has 3 aromatic rings. The van der Waals surface area contributed by atoms with Crippen LogP contribution in [0.2, 0.25) is 0 Å². The van der Waals surface area contributed by atoms with Crippen LogP contribution in [-0.4, -0.2) is 26.4 Å². The van der Waals surface area contributed by atoms with Crippen LogP contribution in [0, 0.1) is 6.92 Å². The normalized spacial score (nSPS) is 11.5. The van der Waals surface area contributed by atoms with Crippen LogP contribution < -0.4 is 5.32 Å². The zero-order valence-corrected chi connectivity index (χ0v) is 16.6. The third-order valence-corrected chi connectivity index (χ3v) is 5.22. The van der Waals surface area contributed by atoms with Gasteiger partial charge in [-0.2, -0.15) is 13.2 Å². The quantitative estimate of drug-likeness (QED) is 0.569. The second-order valence-corrected chi connectivity index (χ2v) is 7.19. The van der Waals surface area contributed by atoms with Crippen molar-refractivity contribution in [1.29, 1.82) is 0 Å². The number of nitrogens with one attached hydrogen (secondary N) is 1. The summed E-state index contributed by atoms with van der Waals surface area (Å²) >= 11 is 1.13. The molecule has 5 nitrogen and oxygen atoms in total. The molecule has 0 fully saturated rings. The Hall–Kier alpha value is -2.81. The van der Waals surface area contributed by atoms with E-state index in [0.717, 1.165) is 29.0 Å². The Morgan fingerprint density at radius 2 is 1.79 bits per heavy atom.